The smallest absolute Gasteiger partial charge is 0.547 e. The van der Waals surface area contributed by atoms with E-state index in [1.54, 1.807) is 4.90 Å². The fourth-order valence-corrected chi connectivity index (χ4v) is 3.35. The van der Waals surface area contributed by atoms with Crippen LogP contribution in [0.25, 0.3) is 0 Å². The van der Waals surface area contributed by atoms with Crippen LogP contribution in [0, 0.1) is 0 Å². The molecule has 0 aromatic carbocycles. The maximum absolute atomic E-state index is 11.0. The maximum Gasteiger partial charge on any atom is 1.00 e. The molecule has 2 aliphatic rings. The third-order valence-corrected chi connectivity index (χ3v) is 5.06. The van der Waals surface area contributed by atoms with E-state index >= 15 is 0 Å². The number of aliphatic carboxylic acids is 1. The Morgan fingerprint density at radius 3 is 2.29 bits per heavy atom. The quantitative estimate of drug-likeness (QED) is 0.216. The number of hydrogen-bond acceptors (Lipinski definition) is 11. The number of carbonyl (C=O) groups excluding carboxylic acids is 1. The molecule has 0 aliphatic carbocycles. The van der Waals surface area contributed by atoms with Crippen LogP contribution in [0.15, 0.2) is 0 Å². The van der Waals surface area contributed by atoms with Crippen molar-refractivity contribution in [3.8, 4) is 0 Å². The Kier molecular flexibility index (Phi) is 10.7. The molecule has 12 heteroatoms. The number of hydrogen-bond donors (Lipinski definition) is 6. The second-order valence-electron chi connectivity index (χ2n) is 7.01. The van der Waals surface area contributed by atoms with Gasteiger partial charge in [-0.1, -0.05) is 13.3 Å². The van der Waals surface area contributed by atoms with Crippen molar-refractivity contribution in [2.75, 3.05) is 19.7 Å². The summed E-state index contributed by atoms with van der Waals surface area (Å²) in [5.41, 5.74) is 0. The molecule has 0 amide bonds. The predicted octanol–water partition coefficient (Wildman–Crippen LogP) is -7.87. The number of carbonyl (C=O) groups is 1. The van der Waals surface area contributed by atoms with E-state index in [-0.39, 0.29) is 42.7 Å². The molecule has 158 valence electrons. The number of aliphatic hydroxyl groups is 6. The molecule has 0 saturated carbocycles. The van der Waals surface area contributed by atoms with Gasteiger partial charge in [0, 0.05) is 6.54 Å². The molecule has 9 atom stereocenters. The fourth-order valence-electron chi connectivity index (χ4n) is 3.35. The Balaban J connectivity index is 0.00000392. The van der Waals surface area contributed by atoms with Gasteiger partial charge in [-0.2, -0.15) is 0 Å². The van der Waals surface area contributed by atoms with Crippen molar-refractivity contribution in [3.05, 3.63) is 0 Å². The molecule has 2 fully saturated rings. The van der Waals surface area contributed by atoms with Gasteiger partial charge in [0.2, 0.25) is 0 Å². The third kappa shape index (κ3) is 5.84. The normalized spacial score (nSPS) is 42.0. The number of β-amino-alcohol motifs (C(OH)–C–C–N with tert-alkyl or cyclic N) is 1. The zero-order valence-electron chi connectivity index (χ0n) is 16.0. The molecule has 6 N–H and O–H groups in total. The SMILES string of the molecule is CCCCN1C[C@H](O)[C@@H](O)[C@H](O)[C@H]1CO[C@@H]1O[C@H](C(=O)[O-])[C@@H](O)[C@H](O)[C@H]1O.[Na+]. The molecule has 2 rings (SSSR count). The molecule has 11 nitrogen and oxygen atoms in total. The van der Waals surface area contributed by atoms with E-state index in [1.807, 2.05) is 6.92 Å². The third-order valence-electron chi connectivity index (χ3n) is 5.06. The number of carboxylic acids is 1. The topological polar surface area (TPSA) is 183 Å². The zero-order chi connectivity index (χ0) is 20.3. The summed E-state index contributed by atoms with van der Waals surface area (Å²) in [7, 11) is 0. The summed E-state index contributed by atoms with van der Waals surface area (Å²) in [4.78, 5) is 12.7. The molecular weight excluding hydrogens is 389 g/mol. The van der Waals surface area contributed by atoms with E-state index in [9.17, 15) is 40.5 Å². The van der Waals surface area contributed by atoms with Crippen LogP contribution in [0.5, 0.6) is 0 Å². The molecule has 28 heavy (non-hydrogen) atoms. The first-order chi connectivity index (χ1) is 12.7. The van der Waals surface area contributed by atoms with Gasteiger partial charge in [0.05, 0.1) is 24.7 Å². The van der Waals surface area contributed by atoms with Gasteiger partial charge >= 0.3 is 29.6 Å². The molecule has 0 bridgehead atoms. The van der Waals surface area contributed by atoms with E-state index in [1.165, 1.54) is 0 Å². The maximum atomic E-state index is 11.0. The Bertz CT molecular complexity index is 500. The van der Waals surface area contributed by atoms with Gasteiger partial charge in [0.1, 0.15) is 36.6 Å². The Labute approximate surface area is 184 Å². The molecule has 2 heterocycles. The number of rotatable bonds is 7. The van der Waals surface area contributed by atoms with Gasteiger partial charge in [-0.15, -0.1) is 0 Å². The Morgan fingerprint density at radius 2 is 1.71 bits per heavy atom. The Hall–Kier alpha value is 0.110. The molecule has 0 unspecified atom stereocenters. The number of carboxylic acid groups (broad SMARTS) is 1. The summed E-state index contributed by atoms with van der Waals surface area (Å²) in [5.74, 6) is -1.78. The van der Waals surface area contributed by atoms with E-state index in [0.717, 1.165) is 12.8 Å². The van der Waals surface area contributed by atoms with E-state index in [4.69, 9.17) is 9.47 Å². The van der Waals surface area contributed by atoms with Gasteiger partial charge in [0.25, 0.3) is 0 Å². The van der Waals surface area contributed by atoms with Crippen LogP contribution in [0.4, 0.5) is 0 Å². The van der Waals surface area contributed by atoms with E-state index < -0.39 is 61.0 Å². The number of nitrogens with zero attached hydrogens (tertiary/aromatic N) is 1. The zero-order valence-corrected chi connectivity index (χ0v) is 18.0. The largest absolute Gasteiger partial charge is 1.00 e. The summed E-state index contributed by atoms with van der Waals surface area (Å²) in [6.45, 7) is 2.31. The van der Waals surface area contributed by atoms with Gasteiger partial charge in [0.15, 0.2) is 6.29 Å². The summed E-state index contributed by atoms with van der Waals surface area (Å²) < 4.78 is 10.3. The van der Waals surface area contributed by atoms with Crippen LogP contribution in [-0.4, -0.2) is 116 Å². The molecule has 2 saturated heterocycles. The summed E-state index contributed by atoms with van der Waals surface area (Å²) in [6, 6.07) is -0.754. The van der Waals surface area contributed by atoms with Crippen LogP contribution in [-0.2, 0) is 14.3 Å². The van der Waals surface area contributed by atoms with E-state index in [2.05, 4.69) is 0 Å². The summed E-state index contributed by atoms with van der Waals surface area (Å²) in [5, 5.41) is 70.5. The number of aliphatic hydroxyl groups excluding tert-OH is 6. The minimum atomic E-state index is -1.90. The number of ether oxygens (including phenoxy) is 2. The molecule has 0 spiro atoms. The predicted molar refractivity (Wildman–Crippen MR) is 85.9 cm³/mol. The van der Waals surface area contributed by atoms with Crippen LogP contribution < -0.4 is 34.7 Å². The van der Waals surface area contributed by atoms with Crippen LogP contribution in [0.2, 0.25) is 0 Å². The molecule has 2 aliphatic heterocycles. The van der Waals surface area contributed by atoms with Crippen molar-refractivity contribution >= 4 is 5.97 Å². The van der Waals surface area contributed by atoms with Crippen molar-refractivity contribution in [3.63, 3.8) is 0 Å². The van der Waals surface area contributed by atoms with Crippen LogP contribution in [0.3, 0.4) is 0 Å². The molecule has 0 aromatic heterocycles. The van der Waals surface area contributed by atoms with Gasteiger partial charge in [-0.05, 0) is 13.0 Å². The Morgan fingerprint density at radius 1 is 1.07 bits per heavy atom. The first kappa shape index (κ1) is 26.1. The van der Waals surface area contributed by atoms with Crippen molar-refractivity contribution in [2.24, 2.45) is 0 Å². The molecular formula is C16H28NNaO10. The fraction of sp³-hybridized carbons (Fsp3) is 0.938. The average Bonchev–Trinajstić information content (AvgIpc) is 2.63. The number of piperidine rings is 1. The minimum Gasteiger partial charge on any atom is -0.547 e. The second-order valence-corrected chi connectivity index (χ2v) is 7.01. The summed E-state index contributed by atoms with van der Waals surface area (Å²) in [6.07, 6.45) is -11.2. The van der Waals surface area contributed by atoms with Gasteiger partial charge in [-0.3, -0.25) is 4.90 Å². The average molecular weight is 417 g/mol. The van der Waals surface area contributed by atoms with Crippen molar-refractivity contribution in [2.45, 2.75) is 74.8 Å². The molecule has 0 radical (unpaired) electrons. The van der Waals surface area contributed by atoms with Gasteiger partial charge < -0.3 is 50.0 Å². The second kappa shape index (κ2) is 11.5. The van der Waals surface area contributed by atoms with Gasteiger partial charge in [-0.25, -0.2) is 0 Å². The van der Waals surface area contributed by atoms with Crippen molar-refractivity contribution in [1.29, 1.82) is 0 Å². The van der Waals surface area contributed by atoms with Crippen LogP contribution in [0.1, 0.15) is 19.8 Å². The van der Waals surface area contributed by atoms with Crippen molar-refractivity contribution < 1.29 is 79.6 Å². The van der Waals surface area contributed by atoms with E-state index in [0.29, 0.717) is 6.54 Å². The van der Waals surface area contributed by atoms with Crippen molar-refractivity contribution in [1.82, 2.24) is 4.90 Å². The number of likely N-dealkylation sites (tertiary alicyclic amines) is 1. The number of unbranched alkanes of at least 4 members (excludes halogenated alkanes) is 1. The first-order valence-corrected chi connectivity index (χ1v) is 8.99. The molecule has 0 aromatic rings. The summed E-state index contributed by atoms with van der Waals surface area (Å²) >= 11 is 0. The van der Waals surface area contributed by atoms with Crippen LogP contribution >= 0.6 is 0 Å². The first-order valence-electron chi connectivity index (χ1n) is 8.99. The monoisotopic (exact) mass is 417 g/mol. The standard InChI is InChI=1S/C16H29NO10.Na/c1-2-3-4-17-5-8(18)10(20)9(19)7(17)6-26-16-13(23)11(21)12(22)14(27-16)15(24)25;/h7-14,16,18-23H,2-6H2,1H3,(H,24,25);/q;+1/p-1/t7-,8+,9-,10-,11+,12+,13-,14+,16-;/m1./s1. The minimum absolute atomic E-state index is 0.